The highest BCUT2D eigenvalue weighted by molar-refractivity contribution is 5.85. The first-order valence-corrected chi connectivity index (χ1v) is 8.10. The third-order valence-electron chi connectivity index (χ3n) is 4.69. The van der Waals surface area contributed by atoms with Crippen molar-refractivity contribution < 1.29 is 4.74 Å². The fourth-order valence-electron chi connectivity index (χ4n) is 3.72. The number of fused-ring (bicyclic) bond motifs is 1. The van der Waals surface area contributed by atoms with E-state index in [-0.39, 0.29) is 0 Å². The zero-order chi connectivity index (χ0) is 14.7. The molecule has 1 aliphatic rings. The number of hydrogen-bond donors (Lipinski definition) is 1. The predicted octanol–water partition coefficient (Wildman–Crippen LogP) is 3.45. The largest absolute Gasteiger partial charge is 0.385 e. The number of aromatic nitrogens is 1. The van der Waals surface area contributed by atoms with Gasteiger partial charge < -0.3 is 14.6 Å². The van der Waals surface area contributed by atoms with Crippen LogP contribution in [0.1, 0.15) is 36.4 Å². The lowest BCUT2D eigenvalue weighted by molar-refractivity contribution is 0.190. The van der Waals surface area contributed by atoms with E-state index in [1.165, 1.54) is 35.9 Å². The van der Waals surface area contributed by atoms with Crippen molar-refractivity contribution in [2.45, 2.75) is 38.6 Å². The van der Waals surface area contributed by atoms with Gasteiger partial charge in [-0.15, -0.1) is 0 Å². The third-order valence-corrected chi connectivity index (χ3v) is 4.69. The van der Waals surface area contributed by atoms with Crippen LogP contribution < -0.4 is 5.32 Å². The van der Waals surface area contributed by atoms with Gasteiger partial charge in [-0.3, -0.25) is 0 Å². The molecule has 1 fully saturated rings. The first-order chi connectivity index (χ1) is 10.3. The van der Waals surface area contributed by atoms with Gasteiger partial charge in [0, 0.05) is 49.3 Å². The second kappa shape index (κ2) is 6.63. The lowest BCUT2D eigenvalue weighted by atomic mass is 9.93. The SMILES string of the molecule is COCCCn1c(C2CCCNC2)c(C)c2ccccc21. The van der Waals surface area contributed by atoms with Crippen molar-refractivity contribution in [1.82, 2.24) is 9.88 Å². The van der Waals surface area contributed by atoms with Gasteiger partial charge in [0.1, 0.15) is 0 Å². The number of para-hydroxylation sites is 1. The Hall–Kier alpha value is -1.32. The first kappa shape index (κ1) is 14.6. The van der Waals surface area contributed by atoms with Gasteiger partial charge in [-0.25, -0.2) is 0 Å². The minimum absolute atomic E-state index is 0.647. The first-order valence-electron chi connectivity index (χ1n) is 8.10. The number of hydrogen-bond acceptors (Lipinski definition) is 2. The van der Waals surface area contributed by atoms with Crippen LogP contribution >= 0.6 is 0 Å². The molecule has 1 aromatic carbocycles. The van der Waals surface area contributed by atoms with E-state index in [9.17, 15) is 0 Å². The quantitative estimate of drug-likeness (QED) is 0.852. The Kier molecular flexibility index (Phi) is 4.61. The Morgan fingerprint density at radius 2 is 2.19 bits per heavy atom. The van der Waals surface area contributed by atoms with E-state index in [4.69, 9.17) is 4.74 Å². The van der Waals surface area contributed by atoms with E-state index in [0.717, 1.165) is 26.1 Å². The summed E-state index contributed by atoms with van der Waals surface area (Å²) in [6, 6.07) is 8.82. The van der Waals surface area contributed by atoms with Crippen molar-refractivity contribution in [3.05, 3.63) is 35.5 Å². The molecule has 21 heavy (non-hydrogen) atoms. The third kappa shape index (κ3) is 2.85. The van der Waals surface area contributed by atoms with Crippen LogP contribution in [0.4, 0.5) is 0 Å². The van der Waals surface area contributed by atoms with Gasteiger partial charge in [0.05, 0.1) is 0 Å². The van der Waals surface area contributed by atoms with E-state index in [2.05, 4.69) is 41.1 Å². The zero-order valence-electron chi connectivity index (χ0n) is 13.2. The Balaban J connectivity index is 2.02. The maximum atomic E-state index is 5.24. The summed E-state index contributed by atoms with van der Waals surface area (Å²) >= 11 is 0. The maximum absolute atomic E-state index is 5.24. The minimum Gasteiger partial charge on any atom is -0.385 e. The Labute approximate surface area is 127 Å². The normalized spacial score (nSPS) is 19.2. The molecule has 3 nitrogen and oxygen atoms in total. The molecule has 0 bridgehead atoms. The van der Waals surface area contributed by atoms with Gasteiger partial charge in [-0.2, -0.15) is 0 Å². The molecule has 1 unspecified atom stereocenters. The van der Waals surface area contributed by atoms with Crippen LogP contribution in [0.5, 0.6) is 0 Å². The monoisotopic (exact) mass is 286 g/mol. The maximum Gasteiger partial charge on any atom is 0.0485 e. The highest BCUT2D eigenvalue weighted by Gasteiger charge is 2.23. The molecule has 3 heteroatoms. The molecule has 2 aromatic rings. The van der Waals surface area contributed by atoms with Crippen LogP contribution in [0, 0.1) is 6.92 Å². The van der Waals surface area contributed by atoms with Crippen molar-refractivity contribution in [2.75, 3.05) is 26.8 Å². The van der Waals surface area contributed by atoms with Crippen molar-refractivity contribution in [2.24, 2.45) is 0 Å². The van der Waals surface area contributed by atoms with Crippen LogP contribution in [0.3, 0.4) is 0 Å². The number of methoxy groups -OCH3 is 1. The number of piperidine rings is 1. The molecule has 0 amide bonds. The molecule has 0 saturated carbocycles. The summed E-state index contributed by atoms with van der Waals surface area (Å²) in [5, 5.41) is 4.97. The number of ether oxygens (including phenoxy) is 1. The van der Waals surface area contributed by atoms with Crippen molar-refractivity contribution in [1.29, 1.82) is 0 Å². The summed E-state index contributed by atoms with van der Waals surface area (Å²) in [5.41, 5.74) is 4.39. The van der Waals surface area contributed by atoms with Crippen LogP contribution in [0.25, 0.3) is 10.9 Å². The molecule has 3 rings (SSSR count). The highest BCUT2D eigenvalue weighted by Crippen LogP contribution is 2.33. The Morgan fingerprint density at radius 3 is 2.95 bits per heavy atom. The summed E-state index contributed by atoms with van der Waals surface area (Å²) in [7, 11) is 1.78. The summed E-state index contributed by atoms with van der Waals surface area (Å²) in [4.78, 5) is 0. The number of nitrogens with zero attached hydrogens (tertiary/aromatic N) is 1. The van der Waals surface area contributed by atoms with Gasteiger partial charge in [-0.05, 0) is 44.4 Å². The molecule has 1 aromatic heterocycles. The summed E-state index contributed by atoms with van der Waals surface area (Å²) < 4.78 is 7.79. The van der Waals surface area contributed by atoms with E-state index < -0.39 is 0 Å². The van der Waals surface area contributed by atoms with Gasteiger partial charge in [0.25, 0.3) is 0 Å². The summed E-state index contributed by atoms with van der Waals surface area (Å²) in [5.74, 6) is 0.647. The molecule has 0 radical (unpaired) electrons. The molecule has 1 aliphatic heterocycles. The molecular weight excluding hydrogens is 260 g/mol. The second-order valence-electron chi connectivity index (χ2n) is 6.07. The second-order valence-corrected chi connectivity index (χ2v) is 6.07. The topological polar surface area (TPSA) is 26.2 Å². The van der Waals surface area contributed by atoms with Gasteiger partial charge in [0.2, 0.25) is 0 Å². The van der Waals surface area contributed by atoms with E-state index >= 15 is 0 Å². The fraction of sp³-hybridized carbons (Fsp3) is 0.556. The van der Waals surface area contributed by atoms with Crippen LogP contribution in [0.15, 0.2) is 24.3 Å². The molecule has 2 heterocycles. The smallest absolute Gasteiger partial charge is 0.0485 e. The number of rotatable bonds is 5. The lowest BCUT2D eigenvalue weighted by Crippen LogP contribution is -2.30. The van der Waals surface area contributed by atoms with Crippen LogP contribution in [-0.2, 0) is 11.3 Å². The Morgan fingerprint density at radius 1 is 1.33 bits per heavy atom. The molecule has 1 atom stereocenters. The lowest BCUT2D eigenvalue weighted by Gasteiger charge is -2.25. The van der Waals surface area contributed by atoms with E-state index in [1.54, 1.807) is 12.8 Å². The van der Waals surface area contributed by atoms with Gasteiger partial charge >= 0.3 is 0 Å². The summed E-state index contributed by atoms with van der Waals surface area (Å²) in [6.45, 7) is 6.45. The standard InChI is InChI=1S/C18H26N2O/c1-14-16-8-3-4-9-17(16)20(11-6-12-21-2)18(14)15-7-5-10-19-13-15/h3-4,8-9,15,19H,5-7,10-13H2,1-2H3. The molecule has 114 valence electrons. The summed E-state index contributed by atoms with van der Waals surface area (Å²) in [6.07, 6.45) is 3.65. The number of benzene rings is 1. The predicted molar refractivity (Wildman–Crippen MR) is 88.0 cm³/mol. The molecular formula is C18H26N2O. The molecule has 1 saturated heterocycles. The minimum atomic E-state index is 0.647. The van der Waals surface area contributed by atoms with Crippen LogP contribution in [0.2, 0.25) is 0 Å². The van der Waals surface area contributed by atoms with Crippen molar-refractivity contribution >= 4 is 10.9 Å². The average Bonchev–Trinajstić information content (AvgIpc) is 2.82. The van der Waals surface area contributed by atoms with Crippen molar-refractivity contribution in [3.8, 4) is 0 Å². The average molecular weight is 286 g/mol. The molecule has 0 spiro atoms. The van der Waals surface area contributed by atoms with Gasteiger partial charge in [-0.1, -0.05) is 18.2 Å². The number of aryl methyl sites for hydroxylation is 2. The van der Waals surface area contributed by atoms with Crippen LogP contribution in [-0.4, -0.2) is 31.4 Å². The Bertz CT molecular complexity index is 597. The van der Waals surface area contributed by atoms with Crippen molar-refractivity contribution in [3.63, 3.8) is 0 Å². The zero-order valence-corrected chi connectivity index (χ0v) is 13.2. The van der Waals surface area contributed by atoms with Gasteiger partial charge in [0.15, 0.2) is 0 Å². The fourth-order valence-corrected chi connectivity index (χ4v) is 3.72. The van der Waals surface area contributed by atoms with E-state index in [0.29, 0.717) is 5.92 Å². The van der Waals surface area contributed by atoms with E-state index in [1.807, 2.05) is 0 Å². The molecule has 0 aliphatic carbocycles. The molecule has 1 N–H and O–H groups in total. The highest BCUT2D eigenvalue weighted by atomic mass is 16.5. The number of nitrogens with one attached hydrogen (secondary N) is 1.